The van der Waals surface area contributed by atoms with Gasteiger partial charge in [-0.1, -0.05) is 13.8 Å². The van der Waals surface area contributed by atoms with E-state index in [0.29, 0.717) is 36.4 Å². The number of hydrogen-bond donors (Lipinski definition) is 2. The zero-order valence-corrected chi connectivity index (χ0v) is 13.6. The fourth-order valence-electron chi connectivity index (χ4n) is 4.13. The second-order valence-electron chi connectivity index (χ2n) is 7.96. The summed E-state index contributed by atoms with van der Waals surface area (Å²) in [5.41, 5.74) is -0.702. The molecule has 2 saturated carbocycles. The van der Waals surface area contributed by atoms with E-state index in [1.165, 1.54) is 6.42 Å². The molecule has 120 valence electrons. The predicted molar refractivity (Wildman–Crippen MR) is 83.2 cm³/mol. The van der Waals surface area contributed by atoms with Crippen LogP contribution in [0.15, 0.2) is 0 Å². The largest absolute Gasteiger partial charge is 0.480 e. The monoisotopic (exact) mass is 294 g/mol. The standard InChI is InChI=1S/C17H30N2O2/c1-11-8-12(2)13(3)19(9-11)10-17(16(20)21,14-4-5-14)18-15-6-7-15/h11-15,18H,4-10H2,1-3H3,(H,20,21). The van der Waals surface area contributed by atoms with Gasteiger partial charge in [-0.3, -0.25) is 15.0 Å². The molecule has 1 saturated heterocycles. The average Bonchev–Trinajstić information content (AvgIpc) is 3.24. The summed E-state index contributed by atoms with van der Waals surface area (Å²) in [5, 5.41) is 13.5. The van der Waals surface area contributed by atoms with Crippen LogP contribution in [0.1, 0.15) is 52.9 Å². The first-order chi connectivity index (χ1) is 9.92. The van der Waals surface area contributed by atoms with E-state index in [1.54, 1.807) is 0 Å². The lowest BCUT2D eigenvalue weighted by molar-refractivity contribution is -0.148. The summed E-state index contributed by atoms with van der Waals surface area (Å²) < 4.78 is 0. The number of likely N-dealkylation sites (tertiary alicyclic amines) is 1. The number of piperidine rings is 1. The smallest absolute Gasteiger partial charge is 0.325 e. The molecule has 2 N–H and O–H groups in total. The first-order valence-corrected chi connectivity index (χ1v) is 8.67. The van der Waals surface area contributed by atoms with E-state index in [1.807, 2.05) is 0 Å². The minimum absolute atomic E-state index is 0.329. The molecule has 0 amide bonds. The quantitative estimate of drug-likeness (QED) is 0.789. The van der Waals surface area contributed by atoms with Crippen LogP contribution >= 0.6 is 0 Å². The third-order valence-corrected chi connectivity index (χ3v) is 5.87. The average molecular weight is 294 g/mol. The van der Waals surface area contributed by atoms with Gasteiger partial charge in [-0.2, -0.15) is 0 Å². The Kier molecular flexibility index (Phi) is 4.04. The zero-order valence-electron chi connectivity index (χ0n) is 13.6. The minimum Gasteiger partial charge on any atom is -0.480 e. The van der Waals surface area contributed by atoms with Crippen LogP contribution in [0.3, 0.4) is 0 Å². The van der Waals surface area contributed by atoms with Crippen LogP contribution in [0.5, 0.6) is 0 Å². The number of nitrogens with one attached hydrogen (secondary N) is 1. The third kappa shape index (κ3) is 3.11. The molecule has 1 aliphatic heterocycles. The van der Waals surface area contributed by atoms with Crippen molar-refractivity contribution in [2.45, 2.75) is 70.5 Å². The van der Waals surface area contributed by atoms with Crippen molar-refractivity contribution in [3.63, 3.8) is 0 Å². The van der Waals surface area contributed by atoms with Crippen LogP contribution in [0, 0.1) is 17.8 Å². The highest BCUT2D eigenvalue weighted by atomic mass is 16.4. The highest BCUT2D eigenvalue weighted by Crippen LogP contribution is 2.43. The molecule has 4 unspecified atom stereocenters. The van der Waals surface area contributed by atoms with Gasteiger partial charge in [0.2, 0.25) is 0 Å². The molecule has 0 bridgehead atoms. The van der Waals surface area contributed by atoms with Gasteiger partial charge in [-0.25, -0.2) is 0 Å². The molecule has 21 heavy (non-hydrogen) atoms. The van der Waals surface area contributed by atoms with Gasteiger partial charge in [0, 0.05) is 25.2 Å². The summed E-state index contributed by atoms with van der Waals surface area (Å²) >= 11 is 0. The Morgan fingerprint density at radius 2 is 1.90 bits per heavy atom. The van der Waals surface area contributed by atoms with Gasteiger partial charge in [0.15, 0.2) is 0 Å². The van der Waals surface area contributed by atoms with Gasteiger partial charge in [0.05, 0.1) is 0 Å². The Labute approximate surface area is 128 Å². The molecule has 4 atom stereocenters. The zero-order chi connectivity index (χ0) is 15.2. The maximum absolute atomic E-state index is 12.1. The molecule has 3 rings (SSSR count). The van der Waals surface area contributed by atoms with Crippen molar-refractivity contribution in [3.8, 4) is 0 Å². The molecule has 0 spiro atoms. The first-order valence-electron chi connectivity index (χ1n) is 8.67. The lowest BCUT2D eigenvalue weighted by Crippen LogP contribution is -2.64. The maximum atomic E-state index is 12.1. The molecule has 4 heteroatoms. The Bertz CT molecular complexity index is 406. The molecule has 0 aromatic carbocycles. The normalized spacial score (nSPS) is 37.2. The van der Waals surface area contributed by atoms with Crippen molar-refractivity contribution in [3.05, 3.63) is 0 Å². The molecule has 2 aliphatic carbocycles. The molecule has 3 aliphatic rings. The lowest BCUT2D eigenvalue weighted by Gasteiger charge is -2.45. The molecule has 3 fully saturated rings. The summed E-state index contributed by atoms with van der Waals surface area (Å²) in [6.45, 7) is 8.59. The SMILES string of the molecule is CC1CC(C)C(C)N(CC(NC2CC2)(C(=O)O)C2CC2)C1. The van der Waals surface area contributed by atoms with Crippen molar-refractivity contribution in [1.29, 1.82) is 0 Å². The Balaban J connectivity index is 1.77. The van der Waals surface area contributed by atoms with Crippen LogP contribution < -0.4 is 5.32 Å². The van der Waals surface area contributed by atoms with Crippen LogP contribution in [0.2, 0.25) is 0 Å². The summed E-state index contributed by atoms with van der Waals surface area (Å²) in [5.74, 6) is 1.02. The Morgan fingerprint density at radius 1 is 1.24 bits per heavy atom. The maximum Gasteiger partial charge on any atom is 0.325 e. The van der Waals surface area contributed by atoms with E-state index < -0.39 is 11.5 Å². The third-order valence-electron chi connectivity index (χ3n) is 5.87. The molecule has 0 radical (unpaired) electrons. The summed E-state index contributed by atoms with van der Waals surface area (Å²) in [6, 6.07) is 0.927. The van der Waals surface area contributed by atoms with E-state index in [-0.39, 0.29) is 0 Å². The highest BCUT2D eigenvalue weighted by Gasteiger charge is 2.54. The number of carbonyl (C=O) groups is 1. The molecule has 0 aromatic rings. The summed E-state index contributed by atoms with van der Waals surface area (Å²) in [6.07, 6.45) is 5.68. The molecule has 4 nitrogen and oxygen atoms in total. The van der Waals surface area contributed by atoms with Crippen molar-refractivity contribution in [2.75, 3.05) is 13.1 Å². The van der Waals surface area contributed by atoms with E-state index in [9.17, 15) is 9.90 Å². The predicted octanol–water partition coefficient (Wildman–Crippen LogP) is 2.34. The van der Waals surface area contributed by atoms with E-state index in [0.717, 1.165) is 32.2 Å². The topological polar surface area (TPSA) is 52.6 Å². The summed E-state index contributed by atoms with van der Waals surface area (Å²) in [7, 11) is 0. The van der Waals surface area contributed by atoms with Crippen LogP contribution in [0.25, 0.3) is 0 Å². The number of nitrogens with zero attached hydrogens (tertiary/aromatic N) is 1. The first kappa shape index (κ1) is 15.3. The van der Waals surface area contributed by atoms with Crippen molar-refractivity contribution < 1.29 is 9.90 Å². The summed E-state index contributed by atoms with van der Waals surface area (Å²) in [4.78, 5) is 14.6. The number of carboxylic acid groups (broad SMARTS) is 1. The van der Waals surface area contributed by atoms with E-state index in [4.69, 9.17) is 0 Å². The van der Waals surface area contributed by atoms with Gasteiger partial charge in [0.25, 0.3) is 0 Å². The minimum atomic E-state index is -0.702. The van der Waals surface area contributed by atoms with Crippen LogP contribution in [-0.2, 0) is 4.79 Å². The Hall–Kier alpha value is -0.610. The molecular formula is C17H30N2O2. The fourth-order valence-corrected chi connectivity index (χ4v) is 4.13. The molecule has 0 aromatic heterocycles. The van der Waals surface area contributed by atoms with Crippen LogP contribution in [0.4, 0.5) is 0 Å². The van der Waals surface area contributed by atoms with Gasteiger partial charge < -0.3 is 5.11 Å². The molecule has 1 heterocycles. The van der Waals surface area contributed by atoms with Crippen molar-refractivity contribution in [2.24, 2.45) is 17.8 Å². The number of aliphatic carboxylic acids is 1. The Morgan fingerprint density at radius 3 is 2.43 bits per heavy atom. The van der Waals surface area contributed by atoms with Gasteiger partial charge in [-0.15, -0.1) is 0 Å². The van der Waals surface area contributed by atoms with E-state index in [2.05, 4.69) is 31.0 Å². The number of carboxylic acids is 1. The van der Waals surface area contributed by atoms with Crippen LogP contribution in [-0.4, -0.2) is 46.7 Å². The highest BCUT2D eigenvalue weighted by molar-refractivity contribution is 5.80. The second-order valence-corrected chi connectivity index (χ2v) is 7.96. The number of hydrogen-bond acceptors (Lipinski definition) is 3. The van der Waals surface area contributed by atoms with Gasteiger partial charge in [-0.05, 0) is 56.8 Å². The van der Waals surface area contributed by atoms with Gasteiger partial charge in [0.1, 0.15) is 5.54 Å². The number of rotatable bonds is 6. The molecular weight excluding hydrogens is 264 g/mol. The lowest BCUT2D eigenvalue weighted by atomic mass is 9.83. The van der Waals surface area contributed by atoms with Gasteiger partial charge >= 0.3 is 5.97 Å². The second kappa shape index (κ2) is 5.54. The fraction of sp³-hybridized carbons (Fsp3) is 0.941. The van der Waals surface area contributed by atoms with E-state index >= 15 is 0 Å². The van der Waals surface area contributed by atoms with Crippen molar-refractivity contribution in [1.82, 2.24) is 10.2 Å². The van der Waals surface area contributed by atoms with Crippen molar-refractivity contribution >= 4 is 5.97 Å².